The van der Waals surface area contributed by atoms with Crippen molar-refractivity contribution in [2.45, 2.75) is 12.8 Å². The zero-order chi connectivity index (χ0) is 9.10. The average Bonchev–Trinajstić information content (AvgIpc) is 2.20. The maximum atomic E-state index is 5.59. The summed E-state index contributed by atoms with van der Waals surface area (Å²) in [5.41, 5.74) is 8.53. The average molecular weight is 173 g/mol. The Morgan fingerprint density at radius 2 is 1.92 bits per heavy atom. The van der Waals surface area contributed by atoms with Crippen LogP contribution in [0.1, 0.15) is 18.4 Å². The zero-order valence-electron chi connectivity index (χ0n) is 7.27. The van der Waals surface area contributed by atoms with Gasteiger partial charge in [-0.15, -0.1) is 0 Å². The molecule has 0 bridgehead atoms. The molecule has 2 N–H and O–H groups in total. The number of nitrogens with two attached hydrogens (primary N) is 1. The fraction of sp³-hybridized carbons (Fsp3) is 0.200. The Bertz CT molecular complexity index is 349. The second kappa shape index (κ2) is 3.39. The van der Waals surface area contributed by atoms with Crippen molar-refractivity contribution in [1.82, 2.24) is 0 Å². The van der Waals surface area contributed by atoms with Gasteiger partial charge in [-0.25, -0.2) is 0 Å². The molecule has 0 saturated carbocycles. The Kier molecular flexibility index (Phi) is 2.08. The summed E-state index contributed by atoms with van der Waals surface area (Å²) in [7, 11) is 0. The van der Waals surface area contributed by atoms with Crippen molar-refractivity contribution in [2.24, 2.45) is 10.2 Å². The molecule has 0 fully saturated rings. The van der Waals surface area contributed by atoms with Crippen LogP contribution in [0.2, 0.25) is 0 Å². The van der Waals surface area contributed by atoms with Gasteiger partial charge in [0.05, 0.1) is 5.71 Å². The van der Waals surface area contributed by atoms with Crippen LogP contribution in [-0.2, 0) is 0 Å². The molecule has 1 aliphatic heterocycles. The molecule has 1 aromatic rings. The Morgan fingerprint density at radius 1 is 1.15 bits per heavy atom. The van der Waals surface area contributed by atoms with E-state index in [9.17, 15) is 0 Å². The summed E-state index contributed by atoms with van der Waals surface area (Å²) in [6, 6.07) is 7.73. The van der Waals surface area contributed by atoms with Gasteiger partial charge >= 0.3 is 0 Å². The normalized spacial score (nSPS) is 15.5. The first-order valence-electron chi connectivity index (χ1n) is 4.30. The molecule has 0 unspecified atom stereocenters. The topological polar surface area (TPSA) is 50.7 Å². The third-order valence-electron chi connectivity index (χ3n) is 2.01. The molecule has 3 heteroatoms. The Morgan fingerprint density at radius 3 is 2.54 bits per heavy atom. The van der Waals surface area contributed by atoms with Crippen LogP contribution in [0.4, 0.5) is 5.69 Å². The molecule has 2 rings (SSSR count). The lowest BCUT2D eigenvalue weighted by Crippen LogP contribution is -2.04. The second-order valence-corrected chi connectivity index (χ2v) is 3.01. The summed E-state index contributed by atoms with van der Waals surface area (Å²) in [5, 5.41) is 7.96. The van der Waals surface area contributed by atoms with Crippen molar-refractivity contribution in [3.8, 4) is 0 Å². The molecule has 0 radical (unpaired) electrons. The standard InChI is InChI=1S/C10H11N3/c11-9-5-3-8(4-6-9)10-2-1-7-12-13-10/h3-7H,1-2,11H2. The predicted molar refractivity (Wildman–Crippen MR) is 55.1 cm³/mol. The molecule has 0 atom stereocenters. The van der Waals surface area contributed by atoms with Crippen molar-refractivity contribution in [3.63, 3.8) is 0 Å². The Balaban J connectivity index is 2.30. The van der Waals surface area contributed by atoms with Crippen LogP contribution in [0.3, 0.4) is 0 Å². The highest BCUT2D eigenvalue weighted by Crippen LogP contribution is 2.11. The number of anilines is 1. The molecular weight excluding hydrogens is 162 g/mol. The van der Waals surface area contributed by atoms with E-state index in [2.05, 4.69) is 10.2 Å². The van der Waals surface area contributed by atoms with E-state index in [0.717, 1.165) is 29.8 Å². The summed E-state index contributed by atoms with van der Waals surface area (Å²) < 4.78 is 0. The number of nitrogen functional groups attached to an aromatic ring is 1. The van der Waals surface area contributed by atoms with E-state index in [1.165, 1.54) is 0 Å². The number of hydrogen-bond donors (Lipinski definition) is 1. The van der Waals surface area contributed by atoms with Gasteiger partial charge in [-0.05, 0) is 30.5 Å². The van der Waals surface area contributed by atoms with Gasteiger partial charge in [0.2, 0.25) is 0 Å². The minimum atomic E-state index is 0.781. The fourth-order valence-electron chi connectivity index (χ4n) is 1.30. The summed E-state index contributed by atoms with van der Waals surface area (Å²) in [6.45, 7) is 0. The Hall–Kier alpha value is -1.64. The number of hydrogen-bond acceptors (Lipinski definition) is 3. The van der Waals surface area contributed by atoms with Crippen molar-refractivity contribution in [1.29, 1.82) is 0 Å². The quantitative estimate of drug-likeness (QED) is 0.647. The largest absolute Gasteiger partial charge is 0.399 e. The van der Waals surface area contributed by atoms with Gasteiger partial charge in [-0.1, -0.05) is 12.1 Å². The van der Waals surface area contributed by atoms with E-state index in [1.54, 1.807) is 0 Å². The zero-order valence-corrected chi connectivity index (χ0v) is 7.27. The lowest BCUT2D eigenvalue weighted by molar-refractivity contribution is 1.06. The van der Waals surface area contributed by atoms with E-state index < -0.39 is 0 Å². The fourth-order valence-corrected chi connectivity index (χ4v) is 1.30. The van der Waals surface area contributed by atoms with Crippen LogP contribution in [0.15, 0.2) is 34.5 Å². The first kappa shape index (κ1) is 7.98. The van der Waals surface area contributed by atoms with Gasteiger partial charge in [-0.3, -0.25) is 0 Å². The molecule has 0 amide bonds. The molecular formula is C10H11N3. The molecule has 13 heavy (non-hydrogen) atoms. The summed E-state index contributed by atoms with van der Waals surface area (Å²) in [6.07, 6.45) is 3.78. The lowest BCUT2D eigenvalue weighted by Gasteiger charge is -2.06. The molecule has 0 saturated heterocycles. The summed E-state index contributed by atoms with van der Waals surface area (Å²) in [5.74, 6) is 0. The van der Waals surface area contributed by atoms with Gasteiger partial charge in [0.25, 0.3) is 0 Å². The molecule has 1 aliphatic rings. The maximum absolute atomic E-state index is 5.59. The van der Waals surface area contributed by atoms with Crippen LogP contribution in [0, 0.1) is 0 Å². The molecule has 1 heterocycles. The third kappa shape index (κ3) is 1.75. The van der Waals surface area contributed by atoms with Crippen molar-refractivity contribution in [3.05, 3.63) is 29.8 Å². The summed E-state index contributed by atoms with van der Waals surface area (Å²) in [4.78, 5) is 0. The van der Waals surface area contributed by atoms with Crippen molar-refractivity contribution >= 4 is 17.6 Å². The molecule has 0 aliphatic carbocycles. The van der Waals surface area contributed by atoms with Gasteiger partial charge < -0.3 is 5.73 Å². The molecule has 0 aromatic heterocycles. The van der Waals surface area contributed by atoms with E-state index in [-0.39, 0.29) is 0 Å². The van der Waals surface area contributed by atoms with Gasteiger partial charge in [0.1, 0.15) is 0 Å². The van der Waals surface area contributed by atoms with Crippen LogP contribution in [0.5, 0.6) is 0 Å². The minimum Gasteiger partial charge on any atom is -0.399 e. The Labute approximate surface area is 77.0 Å². The van der Waals surface area contributed by atoms with Gasteiger partial charge in [0.15, 0.2) is 0 Å². The smallest absolute Gasteiger partial charge is 0.0706 e. The SMILES string of the molecule is Nc1ccc(C2=NN=CCC2)cc1. The van der Waals surface area contributed by atoms with E-state index in [4.69, 9.17) is 5.73 Å². The molecule has 0 spiro atoms. The van der Waals surface area contributed by atoms with Crippen molar-refractivity contribution in [2.75, 3.05) is 5.73 Å². The highest BCUT2D eigenvalue weighted by atomic mass is 15.2. The lowest BCUT2D eigenvalue weighted by atomic mass is 10.1. The van der Waals surface area contributed by atoms with Gasteiger partial charge in [0, 0.05) is 11.9 Å². The van der Waals surface area contributed by atoms with Crippen LogP contribution >= 0.6 is 0 Å². The minimum absolute atomic E-state index is 0.781. The maximum Gasteiger partial charge on any atom is 0.0706 e. The monoisotopic (exact) mass is 173 g/mol. The van der Waals surface area contributed by atoms with Crippen LogP contribution < -0.4 is 5.73 Å². The summed E-state index contributed by atoms with van der Waals surface area (Å²) >= 11 is 0. The molecule has 66 valence electrons. The van der Waals surface area contributed by atoms with Crippen LogP contribution in [0.25, 0.3) is 0 Å². The van der Waals surface area contributed by atoms with Crippen molar-refractivity contribution < 1.29 is 0 Å². The molecule has 1 aromatic carbocycles. The second-order valence-electron chi connectivity index (χ2n) is 3.01. The number of benzene rings is 1. The number of nitrogens with zero attached hydrogens (tertiary/aromatic N) is 2. The van der Waals surface area contributed by atoms with Crippen LogP contribution in [-0.4, -0.2) is 11.9 Å². The highest BCUT2D eigenvalue weighted by Gasteiger charge is 2.04. The number of rotatable bonds is 1. The first-order valence-corrected chi connectivity index (χ1v) is 4.30. The van der Waals surface area contributed by atoms with E-state index in [1.807, 2.05) is 30.5 Å². The highest BCUT2D eigenvalue weighted by molar-refractivity contribution is 6.02. The predicted octanol–water partition coefficient (Wildman–Crippen LogP) is 1.84. The van der Waals surface area contributed by atoms with E-state index in [0.29, 0.717) is 0 Å². The third-order valence-corrected chi connectivity index (χ3v) is 2.01. The van der Waals surface area contributed by atoms with Gasteiger partial charge in [-0.2, -0.15) is 10.2 Å². The first-order chi connectivity index (χ1) is 6.36. The van der Waals surface area contributed by atoms with E-state index >= 15 is 0 Å². The molecule has 3 nitrogen and oxygen atoms in total.